The second-order valence-corrected chi connectivity index (χ2v) is 12.2. The molecule has 1 saturated heterocycles. The molecule has 3 rings (SSSR count). The van der Waals surface area contributed by atoms with Gasteiger partial charge in [0.15, 0.2) is 9.84 Å². The van der Waals surface area contributed by atoms with Crippen molar-refractivity contribution in [3.63, 3.8) is 0 Å². The number of rotatable bonds is 9. The first-order chi connectivity index (χ1) is 15.6. The van der Waals surface area contributed by atoms with Crippen molar-refractivity contribution >= 4 is 15.7 Å². The van der Waals surface area contributed by atoms with E-state index in [-0.39, 0.29) is 28.9 Å². The summed E-state index contributed by atoms with van der Waals surface area (Å²) in [4.78, 5) is 15.2. The van der Waals surface area contributed by atoms with Crippen molar-refractivity contribution < 1.29 is 17.9 Å². The highest BCUT2D eigenvalue weighted by atomic mass is 32.2. The molecule has 0 bridgehead atoms. The lowest BCUT2D eigenvalue weighted by atomic mass is 9.86. The van der Waals surface area contributed by atoms with Crippen molar-refractivity contribution in [2.75, 3.05) is 18.1 Å². The topological polar surface area (TPSA) is 63.7 Å². The third-order valence-corrected chi connectivity index (χ3v) is 7.95. The average Bonchev–Trinajstić information content (AvgIpc) is 3.14. The molecule has 180 valence electrons. The van der Waals surface area contributed by atoms with Gasteiger partial charge in [-0.2, -0.15) is 0 Å². The highest BCUT2D eigenvalue weighted by molar-refractivity contribution is 7.91. The first kappa shape index (κ1) is 25.3. The van der Waals surface area contributed by atoms with Crippen LogP contribution in [0.5, 0.6) is 5.75 Å². The Bertz CT molecular complexity index is 1020. The third kappa shape index (κ3) is 7.07. The van der Waals surface area contributed by atoms with Crippen LogP contribution in [0.15, 0.2) is 48.5 Å². The number of sulfone groups is 1. The molecule has 33 heavy (non-hydrogen) atoms. The number of ether oxygens (including phenoxy) is 1. The Balaban J connectivity index is 1.77. The van der Waals surface area contributed by atoms with Gasteiger partial charge >= 0.3 is 0 Å². The summed E-state index contributed by atoms with van der Waals surface area (Å²) in [7, 11) is -3.11. The third-order valence-electron chi connectivity index (χ3n) is 6.20. The summed E-state index contributed by atoms with van der Waals surface area (Å²) in [6.07, 6.45) is 3.76. The molecule has 6 heteroatoms. The van der Waals surface area contributed by atoms with Crippen molar-refractivity contribution in [3.05, 3.63) is 65.2 Å². The van der Waals surface area contributed by atoms with E-state index >= 15 is 0 Å². The average molecular weight is 472 g/mol. The molecule has 0 N–H and O–H groups in total. The normalized spacial score (nSPS) is 17.6. The lowest BCUT2D eigenvalue weighted by molar-refractivity contribution is 0.0681. The van der Waals surface area contributed by atoms with Gasteiger partial charge in [0.25, 0.3) is 5.91 Å². The number of hydrogen-bond acceptors (Lipinski definition) is 4. The monoisotopic (exact) mass is 471 g/mol. The van der Waals surface area contributed by atoms with Gasteiger partial charge in [0.1, 0.15) is 5.75 Å². The molecule has 1 heterocycles. The van der Waals surface area contributed by atoms with Gasteiger partial charge in [0.2, 0.25) is 0 Å². The fraction of sp³-hybridized carbons (Fsp3) is 0.519. The molecule has 1 fully saturated rings. The van der Waals surface area contributed by atoms with E-state index in [1.54, 1.807) is 17.0 Å². The number of hydrogen-bond donors (Lipinski definition) is 0. The first-order valence-electron chi connectivity index (χ1n) is 11.9. The van der Waals surface area contributed by atoms with Crippen molar-refractivity contribution in [3.8, 4) is 5.75 Å². The zero-order chi connectivity index (χ0) is 24.1. The molecule has 1 aliphatic heterocycles. The van der Waals surface area contributed by atoms with Gasteiger partial charge < -0.3 is 9.64 Å². The molecule has 1 unspecified atom stereocenters. The summed E-state index contributed by atoms with van der Waals surface area (Å²) >= 11 is 0. The second kappa shape index (κ2) is 10.7. The van der Waals surface area contributed by atoms with Crippen molar-refractivity contribution in [1.82, 2.24) is 4.90 Å². The SMILES string of the molecule is CCCCCOc1ccc(C(=O)N(Cc2ccc(C(C)(C)C)cc2)C2CCS(=O)(=O)C2)cc1. The minimum atomic E-state index is -3.11. The summed E-state index contributed by atoms with van der Waals surface area (Å²) in [5.74, 6) is 0.761. The summed E-state index contributed by atoms with van der Waals surface area (Å²) in [6, 6.07) is 15.1. The predicted octanol–water partition coefficient (Wildman–Crippen LogP) is 5.38. The number of amides is 1. The quantitative estimate of drug-likeness (QED) is 0.461. The van der Waals surface area contributed by atoms with Crippen LogP contribution >= 0.6 is 0 Å². The lowest BCUT2D eigenvalue weighted by Gasteiger charge is -2.29. The molecule has 0 aliphatic carbocycles. The lowest BCUT2D eigenvalue weighted by Crippen LogP contribution is -2.40. The van der Waals surface area contributed by atoms with Crippen LogP contribution in [-0.2, 0) is 21.8 Å². The van der Waals surface area contributed by atoms with Gasteiger partial charge in [-0.15, -0.1) is 0 Å². The van der Waals surface area contributed by atoms with E-state index in [4.69, 9.17) is 4.74 Å². The number of nitrogens with zero attached hydrogens (tertiary/aromatic N) is 1. The van der Waals surface area contributed by atoms with Crippen LogP contribution in [0.25, 0.3) is 0 Å². The Hall–Kier alpha value is -2.34. The molecule has 0 spiro atoms. The molecule has 0 aromatic heterocycles. The van der Waals surface area contributed by atoms with Gasteiger partial charge in [0, 0.05) is 18.2 Å². The van der Waals surface area contributed by atoms with E-state index in [0.717, 1.165) is 30.6 Å². The van der Waals surface area contributed by atoms with Crippen molar-refractivity contribution in [1.29, 1.82) is 0 Å². The first-order valence-corrected chi connectivity index (χ1v) is 13.7. The van der Waals surface area contributed by atoms with E-state index in [0.29, 0.717) is 25.1 Å². The zero-order valence-electron chi connectivity index (χ0n) is 20.3. The van der Waals surface area contributed by atoms with Gasteiger partial charge in [0.05, 0.1) is 18.1 Å². The standard InChI is InChI=1S/C27H37NO4S/c1-5-6-7-17-32-25-14-10-22(11-15-25)26(29)28(24-16-18-33(30,31)20-24)19-21-8-12-23(13-9-21)27(2,3)4/h8-15,24H,5-7,16-20H2,1-4H3. The van der Waals surface area contributed by atoms with Gasteiger partial charge in [-0.05, 0) is 53.6 Å². The summed E-state index contributed by atoms with van der Waals surface area (Å²) < 4.78 is 30.1. The van der Waals surface area contributed by atoms with E-state index in [1.165, 1.54) is 5.56 Å². The van der Waals surface area contributed by atoms with E-state index in [1.807, 2.05) is 24.3 Å². The second-order valence-electron chi connectivity index (χ2n) is 10.0. The Kier molecular flexibility index (Phi) is 8.22. The van der Waals surface area contributed by atoms with Gasteiger partial charge in [-0.1, -0.05) is 64.8 Å². The maximum absolute atomic E-state index is 13.5. The fourth-order valence-electron chi connectivity index (χ4n) is 4.10. The van der Waals surface area contributed by atoms with Crippen LogP contribution in [-0.4, -0.2) is 43.4 Å². The summed E-state index contributed by atoms with van der Waals surface area (Å²) in [5.41, 5.74) is 2.82. The Morgan fingerprint density at radius 3 is 2.24 bits per heavy atom. The molecule has 2 aromatic rings. The highest BCUT2D eigenvalue weighted by Crippen LogP contribution is 2.26. The van der Waals surface area contributed by atoms with Crippen LogP contribution in [0.3, 0.4) is 0 Å². The fourth-order valence-corrected chi connectivity index (χ4v) is 5.83. The van der Waals surface area contributed by atoms with Crippen molar-refractivity contribution in [2.45, 2.75) is 71.4 Å². The van der Waals surface area contributed by atoms with Crippen LogP contribution in [0.4, 0.5) is 0 Å². The summed E-state index contributed by atoms with van der Waals surface area (Å²) in [5, 5.41) is 0. The Morgan fingerprint density at radius 1 is 1.03 bits per heavy atom. The molecule has 0 saturated carbocycles. The number of carbonyl (C=O) groups excluding carboxylic acids is 1. The summed E-state index contributed by atoms with van der Waals surface area (Å²) in [6.45, 7) is 9.70. The minimum Gasteiger partial charge on any atom is -0.494 e. The van der Waals surface area contributed by atoms with Crippen LogP contribution < -0.4 is 4.74 Å². The van der Waals surface area contributed by atoms with Crippen LogP contribution in [0.1, 0.15) is 74.9 Å². The van der Waals surface area contributed by atoms with E-state index in [9.17, 15) is 13.2 Å². The van der Waals surface area contributed by atoms with Gasteiger partial charge in [-0.25, -0.2) is 8.42 Å². The smallest absolute Gasteiger partial charge is 0.254 e. The van der Waals surface area contributed by atoms with E-state index < -0.39 is 9.84 Å². The van der Waals surface area contributed by atoms with Crippen LogP contribution in [0, 0.1) is 0 Å². The Morgan fingerprint density at radius 2 is 1.70 bits per heavy atom. The number of carbonyl (C=O) groups is 1. The zero-order valence-corrected chi connectivity index (χ0v) is 21.2. The maximum Gasteiger partial charge on any atom is 0.254 e. The molecular weight excluding hydrogens is 434 g/mol. The largest absolute Gasteiger partial charge is 0.494 e. The number of unbranched alkanes of at least 4 members (excludes halogenated alkanes) is 2. The maximum atomic E-state index is 13.5. The highest BCUT2D eigenvalue weighted by Gasteiger charge is 2.35. The van der Waals surface area contributed by atoms with Crippen LogP contribution in [0.2, 0.25) is 0 Å². The molecule has 1 amide bonds. The predicted molar refractivity (Wildman–Crippen MR) is 134 cm³/mol. The van der Waals surface area contributed by atoms with Gasteiger partial charge in [-0.3, -0.25) is 4.79 Å². The van der Waals surface area contributed by atoms with Crippen molar-refractivity contribution in [2.24, 2.45) is 0 Å². The molecule has 0 radical (unpaired) electrons. The molecule has 2 aromatic carbocycles. The van der Waals surface area contributed by atoms with E-state index in [2.05, 4.69) is 39.8 Å². The Labute approximate surface area is 199 Å². The minimum absolute atomic E-state index is 0.0252. The molecular formula is C27H37NO4S. The molecule has 1 aliphatic rings. The molecule has 5 nitrogen and oxygen atoms in total. The molecule has 1 atom stereocenters. The number of benzene rings is 2.